The molecule has 1 saturated heterocycles. The summed E-state index contributed by atoms with van der Waals surface area (Å²) in [7, 11) is 0. The largest absolute Gasteiger partial charge is 0.343 e. The number of aliphatic imine (C=N–C) groups is 1. The van der Waals surface area contributed by atoms with Gasteiger partial charge in [-0.15, -0.1) is 0 Å². The molecule has 0 bridgehead atoms. The van der Waals surface area contributed by atoms with E-state index in [-0.39, 0.29) is 5.56 Å². The van der Waals surface area contributed by atoms with Crippen molar-refractivity contribution in [3.8, 4) is 0 Å². The van der Waals surface area contributed by atoms with Crippen molar-refractivity contribution < 1.29 is 0 Å². The number of nitrogens with one attached hydrogen (secondary N) is 1. The topological polar surface area (TPSA) is 75.4 Å². The fourth-order valence-electron chi connectivity index (χ4n) is 3.25. The molecule has 2 aliphatic rings. The molecule has 2 aromatic rings. The molecule has 1 N–H and O–H groups in total. The van der Waals surface area contributed by atoms with Crippen LogP contribution in [0.3, 0.4) is 0 Å². The monoisotopic (exact) mass is 324 g/mol. The molecule has 2 aromatic heterocycles. The molecule has 0 radical (unpaired) electrons. The maximum Gasteiger partial charge on any atom is 0.257 e. The number of hydrogen-bond acceptors (Lipinski definition) is 6. The van der Waals surface area contributed by atoms with Gasteiger partial charge in [-0.2, -0.15) is 0 Å². The lowest BCUT2D eigenvalue weighted by Crippen LogP contribution is -2.45. The number of aryl methyl sites for hydroxylation is 1. The zero-order valence-corrected chi connectivity index (χ0v) is 13.6. The second kappa shape index (κ2) is 6.07. The lowest BCUT2D eigenvalue weighted by atomic mass is 10.1. The Morgan fingerprint density at radius 3 is 2.83 bits per heavy atom. The lowest BCUT2D eigenvalue weighted by molar-refractivity contribution is 0.335. The minimum Gasteiger partial charge on any atom is -0.343 e. The number of piperidine rings is 1. The minimum absolute atomic E-state index is 0.111. The Hall–Kier alpha value is -2.70. The Kier molecular flexibility index (Phi) is 3.76. The smallest absolute Gasteiger partial charge is 0.257 e. The highest BCUT2D eigenvalue weighted by Crippen LogP contribution is 2.26. The van der Waals surface area contributed by atoms with Crippen molar-refractivity contribution in [2.24, 2.45) is 4.99 Å². The first-order valence-electron chi connectivity index (χ1n) is 8.32. The van der Waals surface area contributed by atoms with E-state index in [1.54, 1.807) is 17.0 Å². The second-order valence-corrected chi connectivity index (χ2v) is 6.21. The van der Waals surface area contributed by atoms with E-state index < -0.39 is 6.17 Å². The molecule has 0 amide bonds. The van der Waals surface area contributed by atoms with Crippen LogP contribution in [0.4, 0.5) is 5.95 Å². The third kappa shape index (κ3) is 2.66. The minimum atomic E-state index is -0.438. The van der Waals surface area contributed by atoms with Gasteiger partial charge in [0.05, 0.1) is 0 Å². The quantitative estimate of drug-likeness (QED) is 0.865. The van der Waals surface area contributed by atoms with Crippen molar-refractivity contribution in [2.45, 2.75) is 32.4 Å². The maximum atomic E-state index is 12.5. The summed E-state index contributed by atoms with van der Waals surface area (Å²) < 4.78 is 1.59. The van der Waals surface area contributed by atoms with Crippen LogP contribution >= 0.6 is 0 Å². The number of pyridine rings is 1. The van der Waals surface area contributed by atoms with Gasteiger partial charge in [0, 0.05) is 42.8 Å². The van der Waals surface area contributed by atoms with Crippen LogP contribution in [0.2, 0.25) is 0 Å². The van der Waals surface area contributed by atoms with Gasteiger partial charge >= 0.3 is 0 Å². The van der Waals surface area contributed by atoms with Gasteiger partial charge in [0.15, 0.2) is 6.17 Å². The fraction of sp³-hybridized carbons (Fsp3) is 0.412. The number of fused-ring (bicyclic) bond motifs is 1. The van der Waals surface area contributed by atoms with E-state index in [1.165, 1.54) is 12.5 Å². The molecule has 4 rings (SSSR count). The molecule has 0 unspecified atom stereocenters. The van der Waals surface area contributed by atoms with Gasteiger partial charge in [-0.05, 0) is 32.3 Å². The van der Waals surface area contributed by atoms with Gasteiger partial charge in [-0.1, -0.05) is 6.07 Å². The number of likely N-dealkylation sites (tertiary alicyclic amines) is 1. The van der Waals surface area contributed by atoms with E-state index in [2.05, 4.69) is 20.2 Å². The highest BCUT2D eigenvalue weighted by molar-refractivity contribution is 5.93. The predicted molar refractivity (Wildman–Crippen MR) is 92.1 cm³/mol. The summed E-state index contributed by atoms with van der Waals surface area (Å²) in [6.45, 7) is 3.78. The number of hydrogen-bond donors (Lipinski definition) is 1. The summed E-state index contributed by atoms with van der Waals surface area (Å²) in [6.07, 6.45) is 6.61. The normalized spacial score (nSPS) is 20.1. The van der Waals surface area contributed by atoms with Crippen molar-refractivity contribution in [3.05, 3.63) is 52.2 Å². The number of nitrogens with zero attached hydrogens (tertiary/aromatic N) is 5. The molecule has 0 spiro atoms. The highest BCUT2D eigenvalue weighted by Gasteiger charge is 2.28. The molecule has 2 aliphatic heterocycles. The number of guanidine groups is 1. The molecule has 24 heavy (non-hydrogen) atoms. The van der Waals surface area contributed by atoms with Crippen LogP contribution in [0.5, 0.6) is 0 Å². The first kappa shape index (κ1) is 14.9. The van der Waals surface area contributed by atoms with Crippen molar-refractivity contribution in [3.63, 3.8) is 0 Å². The van der Waals surface area contributed by atoms with E-state index in [0.717, 1.165) is 37.5 Å². The van der Waals surface area contributed by atoms with Crippen LogP contribution in [0.25, 0.3) is 0 Å². The standard InChI is InChI=1S/C17H20N6O/c1-12-10-14(24)23-15(13-6-5-7-18-11-13)20-16(21-17(23)19-12)22-8-3-2-4-9-22/h5-7,10-11,15H,2-4,8-9H2,1H3,(H,19,20,21)/t15-/m0/s1. The van der Waals surface area contributed by atoms with Crippen molar-refractivity contribution in [2.75, 3.05) is 18.4 Å². The zero-order chi connectivity index (χ0) is 16.5. The third-order valence-electron chi connectivity index (χ3n) is 4.43. The van der Waals surface area contributed by atoms with Gasteiger partial charge in [0.25, 0.3) is 5.56 Å². The van der Waals surface area contributed by atoms with Crippen LogP contribution in [0, 0.1) is 6.92 Å². The number of aromatic nitrogens is 3. The van der Waals surface area contributed by atoms with Gasteiger partial charge in [-0.25, -0.2) is 9.98 Å². The lowest BCUT2D eigenvalue weighted by Gasteiger charge is -2.34. The van der Waals surface area contributed by atoms with Gasteiger partial charge in [0.1, 0.15) is 0 Å². The number of rotatable bonds is 1. The van der Waals surface area contributed by atoms with Crippen molar-refractivity contribution >= 4 is 11.9 Å². The van der Waals surface area contributed by atoms with Crippen LogP contribution in [0.1, 0.15) is 36.7 Å². The van der Waals surface area contributed by atoms with E-state index in [4.69, 9.17) is 4.99 Å². The molecule has 1 fully saturated rings. The molecule has 7 heteroatoms. The third-order valence-corrected chi connectivity index (χ3v) is 4.43. The average Bonchev–Trinajstić information content (AvgIpc) is 2.62. The van der Waals surface area contributed by atoms with Gasteiger partial charge in [0.2, 0.25) is 11.9 Å². The summed E-state index contributed by atoms with van der Waals surface area (Å²) in [5.41, 5.74) is 1.46. The molecule has 124 valence electrons. The Labute approximate surface area is 140 Å². The highest BCUT2D eigenvalue weighted by atomic mass is 16.1. The molecule has 1 atom stereocenters. The van der Waals surface area contributed by atoms with E-state index in [0.29, 0.717) is 11.6 Å². The molecule has 0 aromatic carbocycles. The SMILES string of the molecule is Cc1cc(=O)n2c(n1)NC(N1CCCCC1)=N[C@@H]2c1cccnc1. The van der Waals surface area contributed by atoms with Crippen molar-refractivity contribution in [1.82, 2.24) is 19.4 Å². The fourth-order valence-corrected chi connectivity index (χ4v) is 3.25. The first-order chi connectivity index (χ1) is 11.7. The van der Waals surface area contributed by atoms with Crippen LogP contribution in [0.15, 0.2) is 40.4 Å². The molecular weight excluding hydrogens is 304 g/mol. The summed E-state index contributed by atoms with van der Waals surface area (Å²) in [4.78, 5) is 28.3. The second-order valence-electron chi connectivity index (χ2n) is 6.21. The van der Waals surface area contributed by atoms with E-state index >= 15 is 0 Å². The number of anilines is 1. The molecule has 4 heterocycles. The van der Waals surface area contributed by atoms with Gasteiger partial charge in [-0.3, -0.25) is 19.7 Å². The molecule has 7 nitrogen and oxygen atoms in total. The summed E-state index contributed by atoms with van der Waals surface area (Å²) in [5.74, 6) is 1.34. The van der Waals surface area contributed by atoms with E-state index in [1.807, 2.05) is 19.1 Å². The molecule has 0 saturated carbocycles. The van der Waals surface area contributed by atoms with Crippen LogP contribution in [-0.4, -0.2) is 38.5 Å². The predicted octanol–water partition coefficient (Wildman–Crippen LogP) is 1.76. The summed E-state index contributed by atoms with van der Waals surface area (Å²) >= 11 is 0. The molecule has 0 aliphatic carbocycles. The Morgan fingerprint density at radius 1 is 1.25 bits per heavy atom. The van der Waals surface area contributed by atoms with Crippen LogP contribution in [-0.2, 0) is 0 Å². The summed E-state index contributed by atoms with van der Waals surface area (Å²) in [5, 5.41) is 3.26. The first-order valence-corrected chi connectivity index (χ1v) is 8.32. The van der Waals surface area contributed by atoms with Crippen molar-refractivity contribution in [1.29, 1.82) is 0 Å². The Bertz CT molecular complexity index is 823. The van der Waals surface area contributed by atoms with Gasteiger partial charge < -0.3 is 4.90 Å². The average molecular weight is 324 g/mol. The maximum absolute atomic E-state index is 12.5. The van der Waals surface area contributed by atoms with Crippen LogP contribution < -0.4 is 10.9 Å². The molecular formula is C17H20N6O. The summed E-state index contributed by atoms with van der Waals surface area (Å²) in [6, 6.07) is 5.34. The zero-order valence-electron chi connectivity index (χ0n) is 13.6. The Balaban J connectivity index is 1.82. The van der Waals surface area contributed by atoms with E-state index in [9.17, 15) is 4.79 Å². The Morgan fingerprint density at radius 2 is 2.08 bits per heavy atom.